The van der Waals surface area contributed by atoms with E-state index in [-0.39, 0.29) is 11.1 Å². The molecule has 0 aliphatic rings. The van der Waals surface area contributed by atoms with Gasteiger partial charge in [-0.05, 0) is 51.9 Å². The topological polar surface area (TPSA) is 64.8 Å². The normalized spacial score (nSPS) is 13.1. The maximum atomic E-state index is 12.2. The molecule has 0 fully saturated rings. The Morgan fingerprint density at radius 1 is 1.09 bits per heavy atom. The fourth-order valence-corrected chi connectivity index (χ4v) is 2.57. The number of hydrogen-bond acceptors (Lipinski definition) is 4. The van der Waals surface area contributed by atoms with Crippen molar-refractivity contribution in [1.82, 2.24) is 4.90 Å². The number of ether oxygens (including phenoxy) is 1. The second-order valence-corrected chi connectivity index (χ2v) is 13.0. The smallest absolute Gasteiger partial charge is 0.410 e. The van der Waals surface area contributed by atoms with E-state index in [2.05, 4.69) is 33.9 Å². The lowest BCUT2D eigenvalue weighted by atomic mass is 10.2. The second-order valence-electron chi connectivity index (χ2n) is 8.22. The van der Waals surface area contributed by atoms with E-state index in [9.17, 15) is 4.79 Å². The molecule has 0 bridgehead atoms. The number of rotatable bonds is 7. The first-order valence-corrected chi connectivity index (χ1v) is 11.0. The first-order chi connectivity index (χ1) is 9.80. The van der Waals surface area contributed by atoms with Crippen molar-refractivity contribution in [3.05, 3.63) is 0 Å². The van der Waals surface area contributed by atoms with Crippen LogP contribution in [0.5, 0.6) is 0 Å². The fraction of sp³-hybridized carbons (Fsp3) is 0.938. The number of carbonyl (C=O) groups is 1. The van der Waals surface area contributed by atoms with E-state index >= 15 is 0 Å². The van der Waals surface area contributed by atoms with Crippen molar-refractivity contribution in [3.8, 4) is 0 Å². The summed E-state index contributed by atoms with van der Waals surface area (Å²) in [6.45, 7) is 18.9. The van der Waals surface area contributed by atoms with Crippen molar-refractivity contribution in [1.29, 1.82) is 0 Å². The molecular formula is C16H36N2O3Si. The number of nitrogens with two attached hydrogens (primary N) is 1. The minimum Gasteiger partial charge on any atom is -0.444 e. The predicted molar refractivity (Wildman–Crippen MR) is 94.6 cm³/mol. The average Bonchev–Trinajstić information content (AvgIpc) is 2.29. The maximum Gasteiger partial charge on any atom is 0.410 e. The van der Waals surface area contributed by atoms with E-state index in [0.29, 0.717) is 26.2 Å². The van der Waals surface area contributed by atoms with Crippen LogP contribution in [-0.4, -0.2) is 51.2 Å². The molecule has 132 valence electrons. The van der Waals surface area contributed by atoms with Gasteiger partial charge in [-0.3, -0.25) is 0 Å². The van der Waals surface area contributed by atoms with Crippen LogP contribution in [-0.2, 0) is 9.16 Å². The van der Waals surface area contributed by atoms with Gasteiger partial charge in [-0.25, -0.2) is 4.79 Å². The summed E-state index contributed by atoms with van der Waals surface area (Å²) >= 11 is 0. The number of amides is 1. The third-order valence-electron chi connectivity index (χ3n) is 3.91. The number of carbonyl (C=O) groups excluding carboxylic acids is 1. The Kier molecular flexibility index (Phi) is 8.09. The van der Waals surface area contributed by atoms with Crippen LogP contribution in [0, 0.1) is 0 Å². The van der Waals surface area contributed by atoms with Gasteiger partial charge in [-0.2, -0.15) is 0 Å². The Balaban J connectivity index is 4.58. The molecule has 2 N–H and O–H groups in total. The Morgan fingerprint density at radius 3 is 2.05 bits per heavy atom. The Hall–Kier alpha value is -0.593. The summed E-state index contributed by atoms with van der Waals surface area (Å²) < 4.78 is 11.6. The molecule has 1 amide bonds. The molecule has 0 saturated heterocycles. The molecule has 0 atom stereocenters. The van der Waals surface area contributed by atoms with Crippen LogP contribution in [0.4, 0.5) is 4.79 Å². The van der Waals surface area contributed by atoms with Gasteiger partial charge < -0.3 is 19.8 Å². The molecule has 0 aromatic rings. The Bertz CT molecular complexity index is 346. The van der Waals surface area contributed by atoms with Crippen molar-refractivity contribution in [3.63, 3.8) is 0 Å². The third kappa shape index (κ3) is 8.15. The molecule has 0 aliphatic carbocycles. The van der Waals surface area contributed by atoms with Gasteiger partial charge in [0.2, 0.25) is 0 Å². The van der Waals surface area contributed by atoms with Crippen LogP contribution in [0.25, 0.3) is 0 Å². The zero-order chi connectivity index (χ0) is 17.6. The molecule has 0 rings (SSSR count). The number of hydrogen-bond donors (Lipinski definition) is 1. The fourth-order valence-electron chi connectivity index (χ4n) is 1.53. The average molecular weight is 333 g/mol. The molecule has 0 unspecified atom stereocenters. The van der Waals surface area contributed by atoms with Gasteiger partial charge in [0.1, 0.15) is 5.60 Å². The summed E-state index contributed by atoms with van der Waals surface area (Å²) in [7, 11) is -1.79. The minimum absolute atomic E-state index is 0.168. The SMILES string of the molecule is CC(C)(C)OC(=O)N(CCCN)CCO[Si](C)(C)C(C)(C)C. The van der Waals surface area contributed by atoms with Crippen molar-refractivity contribution >= 4 is 14.4 Å². The summed E-state index contributed by atoms with van der Waals surface area (Å²) in [4.78, 5) is 13.9. The molecule has 5 nitrogen and oxygen atoms in total. The Morgan fingerprint density at radius 2 is 1.64 bits per heavy atom. The van der Waals surface area contributed by atoms with Gasteiger partial charge in [-0.15, -0.1) is 0 Å². The van der Waals surface area contributed by atoms with Crippen LogP contribution in [0.1, 0.15) is 48.0 Å². The molecule has 6 heteroatoms. The molecule has 0 heterocycles. The molecule has 0 spiro atoms. The largest absolute Gasteiger partial charge is 0.444 e. The first kappa shape index (κ1) is 21.4. The van der Waals surface area contributed by atoms with E-state index in [1.807, 2.05) is 20.8 Å². The van der Waals surface area contributed by atoms with E-state index < -0.39 is 13.9 Å². The van der Waals surface area contributed by atoms with Crippen molar-refractivity contribution in [2.24, 2.45) is 5.73 Å². The zero-order valence-corrected chi connectivity index (χ0v) is 16.8. The van der Waals surface area contributed by atoms with Gasteiger partial charge in [0.05, 0.1) is 6.61 Å². The summed E-state index contributed by atoms with van der Waals surface area (Å²) in [5, 5.41) is 0.168. The van der Waals surface area contributed by atoms with Crippen molar-refractivity contribution < 1.29 is 14.0 Å². The third-order valence-corrected chi connectivity index (χ3v) is 8.45. The highest BCUT2D eigenvalue weighted by Crippen LogP contribution is 2.36. The van der Waals surface area contributed by atoms with Crippen LogP contribution in [0.2, 0.25) is 18.1 Å². The molecular weight excluding hydrogens is 296 g/mol. The lowest BCUT2D eigenvalue weighted by Gasteiger charge is -2.37. The first-order valence-electron chi connectivity index (χ1n) is 8.12. The lowest BCUT2D eigenvalue weighted by Crippen LogP contribution is -2.44. The van der Waals surface area contributed by atoms with E-state index in [0.717, 1.165) is 6.42 Å². The van der Waals surface area contributed by atoms with Gasteiger partial charge in [0.25, 0.3) is 0 Å². The Labute approximate surface area is 137 Å². The standard InChI is InChI=1S/C16H36N2O3Si/c1-15(2,3)21-14(19)18(11-9-10-17)12-13-20-22(7,8)16(4,5)6/h9-13,17H2,1-8H3. The lowest BCUT2D eigenvalue weighted by molar-refractivity contribution is 0.0222. The van der Waals surface area contributed by atoms with Crippen molar-refractivity contribution in [2.75, 3.05) is 26.2 Å². The molecule has 0 aliphatic heterocycles. The molecule has 22 heavy (non-hydrogen) atoms. The monoisotopic (exact) mass is 332 g/mol. The number of nitrogens with zero attached hydrogens (tertiary/aromatic N) is 1. The molecule has 0 aromatic heterocycles. The summed E-state index contributed by atoms with van der Waals surface area (Å²) in [5.41, 5.74) is 5.07. The highest BCUT2D eigenvalue weighted by atomic mass is 28.4. The van der Waals surface area contributed by atoms with Gasteiger partial charge in [0, 0.05) is 13.1 Å². The minimum atomic E-state index is -1.79. The van der Waals surface area contributed by atoms with E-state index in [1.165, 1.54) is 0 Å². The maximum absolute atomic E-state index is 12.2. The zero-order valence-electron chi connectivity index (χ0n) is 15.8. The highest BCUT2D eigenvalue weighted by Gasteiger charge is 2.37. The summed E-state index contributed by atoms with van der Waals surface area (Å²) in [5.74, 6) is 0. The van der Waals surface area contributed by atoms with Crippen molar-refractivity contribution in [2.45, 2.75) is 71.7 Å². The van der Waals surface area contributed by atoms with Gasteiger partial charge in [0.15, 0.2) is 8.32 Å². The summed E-state index contributed by atoms with van der Waals surface area (Å²) in [6, 6.07) is 0. The molecule has 0 radical (unpaired) electrons. The quantitative estimate of drug-likeness (QED) is 0.724. The highest BCUT2D eigenvalue weighted by molar-refractivity contribution is 6.74. The van der Waals surface area contributed by atoms with Crippen LogP contribution in [0.3, 0.4) is 0 Å². The van der Waals surface area contributed by atoms with Crippen LogP contribution in [0.15, 0.2) is 0 Å². The predicted octanol–water partition coefficient (Wildman–Crippen LogP) is 3.59. The van der Waals surface area contributed by atoms with Crippen LogP contribution >= 0.6 is 0 Å². The second kappa shape index (κ2) is 8.31. The van der Waals surface area contributed by atoms with Crippen LogP contribution < -0.4 is 5.73 Å². The van der Waals surface area contributed by atoms with E-state index in [4.69, 9.17) is 14.9 Å². The summed E-state index contributed by atoms with van der Waals surface area (Å²) in [6.07, 6.45) is 0.471. The molecule has 0 saturated carbocycles. The van der Waals surface area contributed by atoms with Gasteiger partial charge >= 0.3 is 6.09 Å². The van der Waals surface area contributed by atoms with Gasteiger partial charge in [-0.1, -0.05) is 20.8 Å². The van der Waals surface area contributed by atoms with E-state index in [1.54, 1.807) is 4.90 Å². The molecule has 0 aromatic carbocycles.